The number of sulfonamides is 1. The fourth-order valence-corrected chi connectivity index (χ4v) is 2.94. The Labute approximate surface area is 124 Å². The van der Waals surface area contributed by atoms with Crippen LogP contribution in [0.25, 0.3) is 0 Å². The number of aryl methyl sites for hydroxylation is 1. The third kappa shape index (κ3) is 3.72. The lowest BCUT2D eigenvalue weighted by atomic mass is 10.2. The molecule has 0 aromatic heterocycles. The highest BCUT2D eigenvalue weighted by Gasteiger charge is 2.16. The topological polar surface area (TPSA) is 58.2 Å². The largest absolute Gasteiger partial charge is 0.384 e. The van der Waals surface area contributed by atoms with E-state index in [1.807, 2.05) is 13.8 Å². The molecule has 0 heterocycles. The zero-order valence-electron chi connectivity index (χ0n) is 11.9. The monoisotopic (exact) mass is 308 g/mol. The maximum atomic E-state index is 13.4. The minimum Gasteiger partial charge on any atom is -0.384 e. The van der Waals surface area contributed by atoms with Crippen LogP contribution in [0, 0.1) is 12.7 Å². The molecule has 0 spiro atoms. The van der Waals surface area contributed by atoms with E-state index in [0.717, 1.165) is 11.6 Å². The van der Waals surface area contributed by atoms with Crippen molar-refractivity contribution in [1.82, 2.24) is 0 Å². The van der Waals surface area contributed by atoms with Gasteiger partial charge in [0.25, 0.3) is 10.0 Å². The van der Waals surface area contributed by atoms with Gasteiger partial charge in [-0.3, -0.25) is 4.72 Å². The molecule has 2 N–H and O–H groups in total. The van der Waals surface area contributed by atoms with Gasteiger partial charge in [0.2, 0.25) is 0 Å². The lowest BCUT2D eigenvalue weighted by Crippen LogP contribution is -2.14. The van der Waals surface area contributed by atoms with E-state index in [1.54, 1.807) is 12.1 Å². The van der Waals surface area contributed by atoms with Crippen molar-refractivity contribution in [2.45, 2.75) is 18.7 Å². The Hall–Kier alpha value is -2.08. The summed E-state index contributed by atoms with van der Waals surface area (Å²) in [5.74, 6) is -0.502. The number of benzene rings is 2. The number of hydrogen-bond acceptors (Lipinski definition) is 3. The van der Waals surface area contributed by atoms with Gasteiger partial charge in [-0.2, -0.15) is 0 Å². The molecule has 21 heavy (non-hydrogen) atoms. The predicted molar refractivity (Wildman–Crippen MR) is 82.6 cm³/mol. The van der Waals surface area contributed by atoms with Crippen molar-refractivity contribution in [2.75, 3.05) is 16.6 Å². The highest BCUT2D eigenvalue weighted by molar-refractivity contribution is 7.92. The zero-order valence-corrected chi connectivity index (χ0v) is 12.7. The van der Waals surface area contributed by atoms with E-state index in [1.165, 1.54) is 24.3 Å². The van der Waals surface area contributed by atoms with Crippen LogP contribution in [0.1, 0.15) is 12.5 Å². The van der Waals surface area contributed by atoms with Gasteiger partial charge in [-0.15, -0.1) is 0 Å². The fraction of sp³-hybridized carbons (Fsp3) is 0.200. The highest BCUT2D eigenvalue weighted by Crippen LogP contribution is 2.25. The normalized spacial score (nSPS) is 11.2. The van der Waals surface area contributed by atoms with Crippen LogP contribution < -0.4 is 10.0 Å². The zero-order chi connectivity index (χ0) is 15.5. The molecule has 0 saturated heterocycles. The minimum absolute atomic E-state index is 0.139. The molecule has 2 rings (SSSR count). The molecule has 0 atom stereocenters. The molecule has 2 aromatic carbocycles. The van der Waals surface area contributed by atoms with E-state index in [0.29, 0.717) is 12.2 Å². The summed E-state index contributed by atoms with van der Waals surface area (Å²) in [4.78, 5) is 0.139. The first-order chi connectivity index (χ1) is 9.92. The number of rotatable bonds is 5. The van der Waals surface area contributed by atoms with E-state index in [-0.39, 0.29) is 10.6 Å². The van der Waals surface area contributed by atoms with Crippen LogP contribution in [0.4, 0.5) is 15.8 Å². The first kappa shape index (κ1) is 15.3. The van der Waals surface area contributed by atoms with Gasteiger partial charge in [0.05, 0.1) is 16.3 Å². The lowest BCUT2D eigenvalue weighted by molar-refractivity contribution is 0.601. The second-order valence-electron chi connectivity index (χ2n) is 4.64. The molecule has 0 aliphatic rings. The van der Waals surface area contributed by atoms with Gasteiger partial charge >= 0.3 is 0 Å². The summed E-state index contributed by atoms with van der Waals surface area (Å²) >= 11 is 0. The molecule has 0 aliphatic carbocycles. The number of halogens is 1. The first-order valence-corrected chi connectivity index (χ1v) is 8.03. The predicted octanol–water partition coefficient (Wildman–Crippen LogP) is 3.37. The van der Waals surface area contributed by atoms with Gasteiger partial charge in [0.15, 0.2) is 0 Å². The Bertz CT molecular complexity index is 728. The summed E-state index contributed by atoms with van der Waals surface area (Å²) in [5, 5.41) is 2.99. The Morgan fingerprint density at radius 1 is 1.05 bits per heavy atom. The summed E-state index contributed by atoms with van der Waals surface area (Å²) in [6, 6.07) is 10.4. The van der Waals surface area contributed by atoms with Crippen LogP contribution in [0.2, 0.25) is 0 Å². The maximum Gasteiger partial charge on any atom is 0.261 e. The first-order valence-electron chi connectivity index (χ1n) is 6.55. The third-order valence-corrected chi connectivity index (χ3v) is 4.31. The van der Waals surface area contributed by atoms with Gasteiger partial charge in [-0.1, -0.05) is 17.7 Å². The van der Waals surface area contributed by atoms with Crippen molar-refractivity contribution >= 4 is 21.4 Å². The van der Waals surface area contributed by atoms with E-state index < -0.39 is 15.8 Å². The van der Waals surface area contributed by atoms with Crippen molar-refractivity contribution in [3.8, 4) is 0 Å². The van der Waals surface area contributed by atoms with E-state index >= 15 is 0 Å². The van der Waals surface area contributed by atoms with E-state index in [9.17, 15) is 12.8 Å². The molecule has 4 nitrogen and oxygen atoms in total. The average Bonchev–Trinajstić information content (AvgIpc) is 2.42. The quantitative estimate of drug-likeness (QED) is 0.890. The SMILES string of the molecule is CCNc1ccc(F)cc1NS(=O)(=O)c1ccc(C)cc1. The van der Waals surface area contributed by atoms with Crippen LogP contribution in [-0.4, -0.2) is 15.0 Å². The molecule has 112 valence electrons. The molecular weight excluding hydrogens is 291 g/mol. The van der Waals surface area contributed by atoms with Crippen LogP contribution in [-0.2, 0) is 10.0 Å². The molecule has 0 bridgehead atoms. The second kappa shape index (κ2) is 6.13. The Morgan fingerprint density at radius 2 is 1.71 bits per heavy atom. The molecular formula is C15H17FN2O2S. The van der Waals surface area contributed by atoms with Crippen LogP contribution in [0.5, 0.6) is 0 Å². The van der Waals surface area contributed by atoms with Crippen LogP contribution in [0.15, 0.2) is 47.4 Å². The molecule has 0 unspecified atom stereocenters. The Morgan fingerprint density at radius 3 is 2.33 bits per heavy atom. The third-order valence-electron chi connectivity index (χ3n) is 2.92. The Balaban J connectivity index is 2.36. The maximum absolute atomic E-state index is 13.4. The highest BCUT2D eigenvalue weighted by atomic mass is 32.2. The lowest BCUT2D eigenvalue weighted by Gasteiger charge is -2.13. The van der Waals surface area contributed by atoms with Crippen molar-refractivity contribution in [3.05, 3.63) is 53.8 Å². The molecule has 0 fully saturated rings. The van der Waals surface area contributed by atoms with Gasteiger partial charge in [0.1, 0.15) is 5.82 Å². The number of hydrogen-bond donors (Lipinski definition) is 2. The summed E-state index contributed by atoms with van der Waals surface area (Å²) in [6.45, 7) is 4.35. The van der Waals surface area contributed by atoms with Crippen molar-refractivity contribution in [2.24, 2.45) is 0 Å². The molecule has 2 aromatic rings. The van der Waals surface area contributed by atoms with Gasteiger partial charge < -0.3 is 5.32 Å². The molecule has 0 radical (unpaired) electrons. The molecule has 0 aliphatic heterocycles. The fourth-order valence-electron chi connectivity index (χ4n) is 1.87. The van der Waals surface area contributed by atoms with Crippen molar-refractivity contribution in [3.63, 3.8) is 0 Å². The van der Waals surface area contributed by atoms with Gasteiger partial charge in [-0.05, 0) is 38.1 Å². The molecule has 0 amide bonds. The minimum atomic E-state index is -3.74. The summed E-state index contributed by atoms with van der Waals surface area (Å²) in [6.07, 6.45) is 0. The van der Waals surface area contributed by atoms with Crippen molar-refractivity contribution < 1.29 is 12.8 Å². The van der Waals surface area contributed by atoms with Gasteiger partial charge in [-0.25, -0.2) is 12.8 Å². The molecule has 6 heteroatoms. The number of anilines is 2. The Kier molecular flexibility index (Phi) is 4.47. The van der Waals surface area contributed by atoms with Crippen LogP contribution >= 0.6 is 0 Å². The summed E-state index contributed by atoms with van der Waals surface area (Å²) in [5.41, 5.74) is 1.69. The van der Waals surface area contributed by atoms with E-state index in [4.69, 9.17) is 0 Å². The van der Waals surface area contributed by atoms with Crippen LogP contribution in [0.3, 0.4) is 0 Å². The standard InChI is InChI=1S/C15H17FN2O2S/c1-3-17-14-9-6-12(16)10-15(14)18-21(19,20)13-7-4-11(2)5-8-13/h4-10,17-18H,3H2,1-2H3. The average molecular weight is 308 g/mol. The summed E-state index contributed by atoms with van der Waals surface area (Å²) in [7, 11) is -3.74. The second-order valence-corrected chi connectivity index (χ2v) is 6.32. The molecule has 0 saturated carbocycles. The smallest absolute Gasteiger partial charge is 0.261 e. The van der Waals surface area contributed by atoms with E-state index in [2.05, 4.69) is 10.0 Å². The number of nitrogens with one attached hydrogen (secondary N) is 2. The van der Waals surface area contributed by atoms with Crippen molar-refractivity contribution in [1.29, 1.82) is 0 Å². The van der Waals surface area contributed by atoms with Gasteiger partial charge in [0, 0.05) is 12.6 Å². The summed E-state index contributed by atoms with van der Waals surface area (Å²) < 4.78 is 40.4.